The maximum atomic E-state index is 12.5. The van der Waals surface area contributed by atoms with Crippen molar-refractivity contribution in [3.05, 3.63) is 0 Å². The summed E-state index contributed by atoms with van der Waals surface area (Å²) in [5.41, 5.74) is 4.82. The molecule has 214 valence electrons. The number of nitrogens with two attached hydrogens (primary N) is 1. The Morgan fingerprint density at radius 2 is 1.51 bits per heavy atom. The van der Waals surface area contributed by atoms with Crippen molar-refractivity contribution >= 4 is 49.9 Å². The number of rotatable bonds is 12. The van der Waals surface area contributed by atoms with Gasteiger partial charge in [-0.15, -0.1) is 4.99 Å². The second-order valence-electron chi connectivity index (χ2n) is 8.79. The molecule has 0 unspecified atom stereocenters. The fraction of sp³-hybridized carbons (Fsp3) is 0.737. The number of alkyl carbamates (subject to hydrolysis) is 1. The van der Waals surface area contributed by atoms with Crippen LogP contribution >= 0.6 is 0 Å². The van der Waals surface area contributed by atoms with Crippen LogP contribution in [0.25, 0.3) is 0 Å². The molecule has 0 saturated heterocycles. The lowest BCUT2D eigenvalue weighted by Crippen LogP contribution is -2.46. The van der Waals surface area contributed by atoms with Crippen molar-refractivity contribution in [2.24, 2.45) is 10.7 Å². The summed E-state index contributed by atoms with van der Waals surface area (Å²) in [6.45, 7) is 3.34. The summed E-state index contributed by atoms with van der Waals surface area (Å²) in [5, 5.41) is 11.5. The number of hydrogen-bond donors (Lipinski definition) is 3. The van der Waals surface area contributed by atoms with Crippen LogP contribution in [0.4, 0.5) is 14.4 Å². The molecular formula is C19H34N4O12S2. The molecule has 0 saturated carbocycles. The van der Waals surface area contributed by atoms with Crippen molar-refractivity contribution in [1.29, 1.82) is 0 Å². The van der Waals surface area contributed by atoms with Crippen LogP contribution in [-0.2, 0) is 38.7 Å². The Hall–Kier alpha value is -3.15. The minimum atomic E-state index is -3.47. The number of nitrogens with one attached hydrogen (secondary N) is 1. The number of carbonyl (C=O) groups excluding carboxylic acids is 3. The molecule has 0 fully saturated rings. The minimum absolute atomic E-state index is 0.104. The first-order chi connectivity index (χ1) is 16.7. The van der Waals surface area contributed by atoms with Gasteiger partial charge in [0.25, 0.3) is 0 Å². The van der Waals surface area contributed by atoms with Crippen LogP contribution < -0.4 is 11.1 Å². The van der Waals surface area contributed by atoms with Crippen LogP contribution in [-0.4, -0.2) is 112 Å². The van der Waals surface area contributed by atoms with Crippen molar-refractivity contribution in [2.75, 3.05) is 43.8 Å². The van der Waals surface area contributed by atoms with E-state index in [2.05, 4.69) is 15.0 Å². The summed E-state index contributed by atoms with van der Waals surface area (Å²) in [4.78, 5) is 51.7. The summed E-state index contributed by atoms with van der Waals surface area (Å²) in [7, 11) is -6.89. The number of ether oxygens (including phenoxy) is 3. The highest BCUT2D eigenvalue weighted by molar-refractivity contribution is 7.90. The Bertz CT molecular complexity index is 1070. The average Bonchev–Trinajstić information content (AvgIpc) is 2.66. The van der Waals surface area contributed by atoms with Gasteiger partial charge in [0.1, 0.15) is 24.9 Å². The molecule has 0 spiro atoms. The largest absolute Gasteiger partial charge is 0.480 e. The predicted molar refractivity (Wildman–Crippen MR) is 130 cm³/mol. The molecule has 1 atom stereocenters. The van der Waals surface area contributed by atoms with Crippen molar-refractivity contribution in [1.82, 2.24) is 10.2 Å². The summed E-state index contributed by atoms with van der Waals surface area (Å²) in [6.07, 6.45) is -1.96. The molecule has 3 amide bonds. The number of hydrogen-bond acceptors (Lipinski definition) is 11. The van der Waals surface area contributed by atoms with Gasteiger partial charge in [-0.25, -0.2) is 40.9 Å². The van der Waals surface area contributed by atoms with E-state index in [1.807, 2.05) is 0 Å². The third-order valence-corrected chi connectivity index (χ3v) is 5.74. The third-order valence-electron chi connectivity index (χ3n) is 3.93. The van der Waals surface area contributed by atoms with E-state index in [4.69, 9.17) is 15.2 Å². The highest BCUT2D eigenvalue weighted by atomic mass is 32.2. The molecule has 0 heterocycles. The van der Waals surface area contributed by atoms with Crippen molar-refractivity contribution in [3.63, 3.8) is 0 Å². The lowest BCUT2D eigenvalue weighted by Gasteiger charge is -2.23. The summed E-state index contributed by atoms with van der Waals surface area (Å²) < 4.78 is 59.2. The fourth-order valence-electron chi connectivity index (χ4n) is 2.28. The van der Waals surface area contributed by atoms with E-state index in [1.54, 1.807) is 20.8 Å². The van der Waals surface area contributed by atoms with Gasteiger partial charge in [0.2, 0.25) is 5.96 Å². The van der Waals surface area contributed by atoms with Crippen LogP contribution in [0.3, 0.4) is 0 Å². The molecule has 0 aliphatic carbocycles. The van der Waals surface area contributed by atoms with Gasteiger partial charge >= 0.3 is 24.2 Å². The minimum Gasteiger partial charge on any atom is -0.480 e. The van der Waals surface area contributed by atoms with Gasteiger partial charge in [-0.1, -0.05) is 0 Å². The molecule has 0 bridgehead atoms. The highest BCUT2D eigenvalue weighted by Gasteiger charge is 2.26. The van der Waals surface area contributed by atoms with Gasteiger partial charge in [0, 0.05) is 19.1 Å². The standard InChI is InChI=1S/C19H34N4O12S2/c1-19(2,3)35-17(27)21-13(14(24)25)7-6-8-23(18(28)34-10-12-37(5,31)32)15(20)22-16(26)33-9-11-36(4,29)30/h13H,6-12H2,1-5H3,(H,21,27)(H,24,25)(H2,20,22,26)/t13-/m0/s1. The molecule has 37 heavy (non-hydrogen) atoms. The van der Waals surface area contributed by atoms with E-state index >= 15 is 0 Å². The molecule has 0 radical (unpaired) electrons. The molecule has 4 N–H and O–H groups in total. The topological polar surface area (TPSA) is 238 Å². The molecule has 0 aromatic heterocycles. The number of nitrogens with zero attached hydrogens (tertiary/aromatic N) is 2. The molecular weight excluding hydrogens is 540 g/mol. The first kappa shape index (κ1) is 33.8. The van der Waals surface area contributed by atoms with Crippen molar-refractivity contribution in [3.8, 4) is 0 Å². The van der Waals surface area contributed by atoms with Crippen molar-refractivity contribution < 1.29 is 55.3 Å². The van der Waals surface area contributed by atoms with Crippen LogP contribution in [0, 0.1) is 0 Å². The monoisotopic (exact) mass is 574 g/mol. The maximum absolute atomic E-state index is 12.5. The first-order valence-electron chi connectivity index (χ1n) is 10.7. The van der Waals surface area contributed by atoms with E-state index in [1.165, 1.54) is 0 Å². The molecule has 18 heteroatoms. The summed E-state index contributed by atoms with van der Waals surface area (Å²) in [5.74, 6) is -3.10. The van der Waals surface area contributed by atoms with E-state index in [9.17, 15) is 41.1 Å². The second kappa shape index (κ2) is 14.6. The number of aliphatic imine (C=N–C) groups is 1. The number of carboxylic acid groups (broad SMARTS) is 1. The lowest BCUT2D eigenvalue weighted by molar-refractivity contribution is -0.139. The Morgan fingerprint density at radius 3 is 1.97 bits per heavy atom. The number of carboxylic acids is 1. The van der Waals surface area contributed by atoms with Crippen LogP contribution in [0.15, 0.2) is 4.99 Å². The van der Waals surface area contributed by atoms with Gasteiger partial charge in [0.05, 0.1) is 11.5 Å². The number of guanidine groups is 1. The highest BCUT2D eigenvalue weighted by Crippen LogP contribution is 2.09. The fourth-order valence-corrected chi connectivity index (χ4v) is 3.06. The quantitative estimate of drug-likeness (QED) is 0.155. The molecule has 16 nitrogen and oxygen atoms in total. The number of sulfone groups is 2. The Labute approximate surface area is 215 Å². The normalized spacial score (nSPS) is 13.3. The lowest BCUT2D eigenvalue weighted by atomic mass is 10.1. The maximum Gasteiger partial charge on any atom is 0.436 e. The molecule has 0 rings (SSSR count). The predicted octanol–water partition coefficient (Wildman–Crippen LogP) is -0.276. The summed E-state index contributed by atoms with van der Waals surface area (Å²) in [6, 6.07) is -1.41. The van der Waals surface area contributed by atoms with Gasteiger partial charge in [0.15, 0.2) is 19.7 Å². The number of amides is 3. The zero-order chi connectivity index (χ0) is 29.0. The van der Waals surface area contributed by atoms with Crippen LogP contribution in [0.1, 0.15) is 33.6 Å². The van der Waals surface area contributed by atoms with Crippen LogP contribution in [0.2, 0.25) is 0 Å². The first-order valence-corrected chi connectivity index (χ1v) is 14.9. The van der Waals surface area contributed by atoms with Crippen molar-refractivity contribution in [2.45, 2.75) is 45.3 Å². The second-order valence-corrected chi connectivity index (χ2v) is 13.3. The summed E-state index contributed by atoms with van der Waals surface area (Å²) >= 11 is 0. The van der Waals surface area contributed by atoms with Gasteiger partial charge in [-0.3, -0.25) is 0 Å². The number of aliphatic carboxylic acids is 1. The van der Waals surface area contributed by atoms with E-state index in [-0.39, 0.29) is 19.4 Å². The van der Waals surface area contributed by atoms with Gasteiger partial charge in [-0.2, -0.15) is 0 Å². The average molecular weight is 575 g/mol. The van der Waals surface area contributed by atoms with Gasteiger partial charge < -0.3 is 30.4 Å². The zero-order valence-corrected chi connectivity index (χ0v) is 22.9. The van der Waals surface area contributed by atoms with Gasteiger partial charge in [-0.05, 0) is 33.6 Å². The zero-order valence-electron chi connectivity index (χ0n) is 21.3. The Kier molecular flexibility index (Phi) is 13.3. The van der Waals surface area contributed by atoms with E-state index in [0.29, 0.717) is 4.90 Å². The Morgan fingerprint density at radius 1 is 1.00 bits per heavy atom. The molecule has 0 aromatic rings. The third kappa shape index (κ3) is 17.9. The Balaban J connectivity index is 5.39. The van der Waals surface area contributed by atoms with E-state index in [0.717, 1.165) is 12.5 Å². The smallest absolute Gasteiger partial charge is 0.436 e. The van der Waals surface area contributed by atoms with E-state index < -0.39 is 86.2 Å². The number of carbonyl (C=O) groups is 4. The SMILES string of the molecule is CC(C)(C)OC(=O)N[C@@H](CCCN(C(=O)OCCS(C)(=O)=O)/C(N)=N/C(=O)OCCS(C)(=O)=O)C(=O)O. The molecule has 0 aromatic carbocycles. The van der Waals surface area contributed by atoms with Crippen LogP contribution in [0.5, 0.6) is 0 Å². The molecule has 0 aliphatic heterocycles. The molecule has 0 aliphatic rings.